The van der Waals surface area contributed by atoms with E-state index in [1.54, 1.807) is 0 Å². The molecule has 0 aromatic carbocycles. The van der Waals surface area contributed by atoms with Crippen molar-refractivity contribution >= 4 is 0 Å². The number of aliphatic hydroxyl groups excluding tert-OH is 2. The lowest BCUT2D eigenvalue weighted by Crippen LogP contribution is -2.20. The maximum atomic E-state index is 9.47. The van der Waals surface area contributed by atoms with Gasteiger partial charge in [0.15, 0.2) is 0 Å². The van der Waals surface area contributed by atoms with E-state index in [4.69, 9.17) is 5.11 Å². The van der Waals surface area contributed by atoms with Crippen LogP contribution in [0, 0.1) is 5.92 Å². The van der Waals surface area contributed by atoms with Gasteiger partial charge in [0.2, 0.25) is 0 Å². The van der Waals surface area contributed by atoms with Gasteiger partial charge in [0.05, 0.1) is 6.10 Å². The van der Waals surface area contributed by atoms with Crippen LogP contribution in [0.1, 0.15) is 39.5 Å². The molecule has 2 nitrogen and oxygen atoms in total. The molecule has 68 valence electrons. The molecule has 0 amide bonds. The summed E-state index contributed by atoms with van der Waals surface area (Å²) < 4.78 is 0. The van der Waals surface area contributed by atoms with E-state index >= 15 is 0 Å². The van der Waals surface area contributed by atoms with E-state index in [0.29, 0.717) is 5.92 Å². The molecule has 0 saturated carbocycles. The minimum absolute atomic E-state index is 0.196. The van der Waals surface area contributed by atoms with E-state index in [2.05, 4.69) is 6.92 Å². The Bertz CT molecular complexity index is 77.6. The third kappa shape index (κ3) is 4.38. The second-order valence-electron chi connectivity index (χ2n) is 3.04. The lowest BCUT2D eigenvalue weighted by atomic mass is 9.92. The summed E-state index contributed by atoms with van der Waals surface area (Å²) in [5.41, 5.74) is 0. The molecule has 2 unspecified atom stereocenters. The minimum Gasteiger partial charge on any atom is -0.396 e. The van der Waals surface area contributed by atoms with E-state index in [0.717, 1.165) is 25.7 Å². The summed E-state index contributed by atoms with van der Waals surface area (Å²) in [4.78, 5) is 0. The van der Waals surface area contributed by atoms with E-state index in [9.17, 15) is 5.11 Å². The van der Waals surface area contributed by atoms with Crippen molar-refractivity contribution in [2.45, 2.75) is 45.6 Å². The van der Waals surface area contributed by atoms with E-state index < -0.39 is 0 Å². The van der Waals surface area contributed by atoms with Gasteiger partial charge in [-0.25, -0.2) is 0 Å². The zero-order valence-electron chi connectivity index (χ0n) is 7.58. The van der Waals surface area contributed by atoms with Crippen molar-refractivity contribution in [2.75, 3.05) is 6.61 Å². The first-order chi connectivity index (χ1) is 5.26. The molecule has 0 spiro atoms. The van der Waals surface area contributed by atoms with Crippen LogP contribution in [-0.4, -0.2) is 22.9 Å². The van der Waals surface area contributed by atoms with Crippen molar-refractivity contribution in [1.29, 1.82) is 0 Å². The van der Waals surface area contributed by atoms with Gasteiger partial charge >= 0.3 is 0 Å². The smallest absolute Gasteiger partial charge is 0.0566 e. The SMILES string of the molecule is CCCC(CCO)C(O)CC. The molecule has 0 aromatic rings. The second kappa shape index (κ2) is 6.62. The number of aliphatic hydroxyl groups is 2. The maximum absolute atomic E-state index is 9.47. The van der Waals surface area contributed by atoms with Crippen LogP contribution in [-0.2, 0) is 0 Å². The fourth-order valence-electron chi connectivity index (χ4n) is 1.40. The summed E-state index contributed by atoms with van der Waals surface area (Å²) in [5.74, 6) is 0.301. The molecule has 0 saturated heterocycles. The summed E-state index contributed by atoms with van der Waals surface area (Å²) in [6, 6.07) is 0. The van der Waals surface area contributed by atoms with Crippen molar-refractivity contribution in [3.05, 3.63) is 0 Å². The van der Waals surface area contributed by atoms with Gasteiger partial charge in [-0.05, 0) is 25.2 Å². The van der Waals surface area contributed by atoms with Gasteiger partial charge in [0, 0.05) is 6.61 Å². The van der Waals surface area contributed by atoms with Crippen molar-refractivity contribution in [3.63, 3.8) is 0 Å². The molecule has 0 rings (SSSR count). The largest absolute Gasteiger partial charge is 0.396 e. The van der Waals surface area contributed by atoms with Crippen LogP contribution >= 0.6 is 0 Å². The van der Waals surface area contributed by atoms with Crippen LogP contribution in [0.3, 0.4) is 0 Å². The molecule has 0 radical (unpaired) electrons. The molecule has 0 fully saturated rings. The molecule has 2 heteroatoms. The Hall–Kier alpha value is -0.0800. The van der Waals surface area contributed by atoms with E-state index in [1.165, 1.54) is 0 Å². The Kier molecular flexibility index (Phi) is 6.57. The van der Waals surface area contributed by atoms with Crippen LogP contribution in [0.25, 0.3) is 0 Å². The molecule has 0 aromatic heterocycles. The second-order valence-corrected chi connectivity index (χ2v) is 3.04. The van der Waals surface area contributed by atoms with Gasteiger partial charge in [0.1, 0.15) is 0 Å². The average Bonchev–Trinajstić information content (AvgIpc) is 2.03. The Morgan fingerprint density at radius 1 is 1.18 bits per heavy atom. The monoisotopic (exact) mass is 160 g/mol. The molecule has 0 aliphatic carbocycles. The van der Waals surface area contributed by atoms with Crippen molar-refractivity contribution < 1.29 is 10.2 Å². The summed E-state index contributed by atoms with van der Waals surface area (Å²) in [7, 11) is 0. The molecule has 11 heavy (non-hydrogen) atoms. The summed E-state index contributed by atoms with van der Waals surface area (Å²) in [6.45, 7) is 4.28. The van der Waals surface area contributed by atoms with Gasteiger partial charge in [-0.2, -0.15) is 0 Å². The van der Waals surface area contributed by atoms with Crippen LogP contribution in [0.15, 0.2) is 0 Å². The minimum atomic E-state index is -0.220. The average molecular weight is 160 g/mol. The van der Waals surface area contributed by atoms with Crippen LogP contribution < -0.4 is 0 Å². The van der Waals surface area contributed by atoms with Crippen LogP contribution in [0.5, 0.6) is 0 Å². The number of hydrogen-bond acceptors (Lipinski definition) is 2. The first-order valence-electron chi connectivity index (χ1n) is 4.55. The first-order valence-corrected chi connectivity index (χ1v) is 4.55. The molecule has 2 N–H and O–H groups in total. The van der Waals surface area contributed by atoms with Gasteiger partial charge in [-0.15, -0.1) is 0 Å². The summed E-state index contributed by atoms with van der Waals surface area (Å²) >= 11 is 0. The van der Waals surface area contributed by atoms with Gasteiger partial charge in [-0.1, -0.05) is 20.3 Å². The van der Waals surface area contributed by atoms with Crippen molar-refractivity contribution in [2.24, 2.45) is 5.92 Å². The molecule has 0 bridgehead atoms. The Morgan fingerprint density at radius 2 is 1.82 bits per heavy atom. The molecule has 2 atom stereocenters. The number of hydrogen-bond donors (Lipinski definition) is 2. The highest BCUT2D eigenvalue weighted by Gasteiger charge is 2.15. The third-order valence-electron chi connectivity index (χ3n) is 2.12. The zero-order chi connectivity index (χ0) is 8.69. The van der Waals surface area contributed by atoms with Crippen molar-refractivity contribution in [3.8, 4) is 0 Å². The summed E-state index contributed by atoms with van der Waals surface area (Å²) in [5, 5.41) is 18.2. The highest BCUT2D eigenvalue weighted by atomic mass is 16.3. The Labute approximate surface area is 69.2 Å². The molecular weight excluding hydrogens is 140 g/mol. The first kappa shape index (κ1) is 10.9. The predicted molar refractivity (Wildman–Crippen MR) is 46.4 cm³/mol. The van der Waals surface area contributed by atoms with Gasteiger partial charge < -0.3 is 10.2 Å². The highest BCUT2D eigenvalue weighted by molar-refractivity contribution is 4.66. The summed E-state index contributed by atoms with van der Waals surface area (Å²) in [6.07, 6.45) is 3.42. The topological polar surface area (TPSA) is 40.5 Å². The van der Waals surface area contributed by atoms with E-state index in [1.807, 2.05) is 6.92 Å². The maximum Gasteiger partial charge on any atom is 0.0566 e. The fourth-order valence-corrected chi connectivity index (χ4v) is 1.40. The Morgan fingerprint density at radius 3 is 2.18 bits per heavy atom. The molecular formula is C9H20O2. The normalized spacial score (nSPS) is 16.4. The van der Waals surface area contributed by atoms with E-state index in [-0.39, 0.29) is 12.7 Å². The van der Waals surface area contributed by atoms with Crippen LogP contribution in [0.2, 0.25) is 0 Å². The Balaban J connectivity index is 3.66. The predicted octanol–water partition coefficient (Wildman–Crippen LogP) is 1.56. The standard InChI is InChI=1S/C9H20O2/c1-3-5-8(6-7-10)9(11)4-2/h8-11H,3-7H2,1-2H3. The van der Waals surface area contributed by atoms with Crippen molar-refractivity contribution in [1.82, 2.24) is 0 Å². The lowest BCUT2D eigenvalue weighted by Gasteiger charge is -2.19. The lowest BCUT2D eigenvalue weighted by molar-refractivity contribution is 0.0806. The number of rotatable bonds is 6. The highest BCUT2D eigenvalue weighted by Crippen LogP contribution is 2.17. The zero-order valence-corrected chi connectivity index (χ0v) is 7.58. The quantitative estimate of drug-likeness (QED) is 0.619. The molecule has 0 aliphatic heterocycles. The fraction of sp³-hybridized carbons (Fsp3) is 1.00. The van der Waals surface area contributed by atoms with Gasteiger partial charge in [-0.3, -0.25) is 0 Å². The van der Waals surface area contributed by atoms with Gasteiger partial charge in [0.25, 0.3) is 0 Å². The third-order valence-corrected chi connectivity index (χ3v) is 2.12. The molecule has 0 aliphatic rings. The molecule has 0 heterocycles. The van der Waals surface area contributed by atoms with Crippen LogP contribution in [0.4, 0.5) is 0 Å².